The van der Waals surface area contributed by atoms with E-state index in [1.165, 1.54) is 0 Å². The van der Waals surface area contributed by atoms with Gasteiger partial charge in [0.2, 0.25) is 0 Å². The smallest absolute Gasteiger partial charge is 0.356 e. The van der Waals surface area contributed by atoms with Crippen LogP contribution in [0.15, 0.2) is 0 Å². The Morgan fingerprint density at radius 1 is 0.350 bits per heavy atom. The van der Waals surface area contributed by atoms with Crippen molar-refractivity contribution in [1.82, 2.24) is 0 Å². The van der Waals surface area contributed by atoms with Gasteiger partial charge >= 0.3 is 89.5 Å². The Kier molecular flexibility index (Phi) is 108. The van der Waals surface area contributed by atoms with Crippen LogP contribution in [0.4, 0.5) is 0 Å². The molecule has 0 spiro atoms. The van der Waals surface area contributed by atoms with Crippen molar-refractivity contribution < 1.29 is 110 Å². The van der Waals surface area contributed by atoms with Gasteiger partial charge in [-0.2, -0.15) is 0 Å². The van der Waals surface area contributed by atoms with Crippen LogP contribution in [0.3, 0.4) is 0 Å². The first-order chi connectivity index (χ1) is 6.93. The average molecular weight is 679 g/mol. The normalized spacial score (nSPS) is 4.80. The molecule has 0 saturated carbocycles. The molecule has 0 aliphatic carbocycles. The Morgan fingerprint density at radius 2 is 0.350 bits per heavy atom. The maximum Gasteiger partial charge on any atom is 1.00 e. The molecule has 0 amide bonds. The largest absolute Gasteiger partial charge is 1.00 e. The zero-order valence-electron chi connectivity index (χ0n) is 7.89. The van der Waals surface area contributed by atoms with Gasteiger partial charge in [0, 0.05) is 0 Å². The van der Waals surface area contributed by atoms with Crippen molar-refractivity contribution in [3.05, 3.63) is 61.3 Å². The maximum atomic E-state index is 8.25. The van der Waals surface area contributed by atoms with Gasteiger partial charge in [0.05, 0.1) is 20.3 Å². The maximum absolute atomic E-state index is 8.25. The van der Waals surface area contributed by atoms with Gasteiger partial charge in [0.25, 0.3) is 0 Å². The van der Waals surface area contributed by atoms with Crippen LogP contribution in [0.5, 0.6) is 0 Å². The Morgan fingerprint density at radius 3 is 0.350 bits per heavy atom. The summed E-state index contributed by atoms with van der Waals surface area (Å²) in [5, 5.41) is 59.0. The van der Waals surface area contributed by atoms with Gasteiger partial charge in [-0.15, -0.1) is 0 Å². The Bertz CT molecular complexity index is 167. The molecule has 0 heterocycles. The van der Waals surface area contributed by atoms with Crippen LogP contribution in [-0.2, 0) is 89.5 Å². The fraction of sp³-hybridized carbons (Fsp3) is 0. The fourth-order valence-electron chi connectivity index (χ4n) is 0. The SMILES string of the molecule is O=[N+]([O-])[O-].O=[N+]([O-])[O-].O=[N+]([O-])[O-].O=[N+]([O-])[O-].[Ag+].[Ag+].[Ag+].[Ag+]. The summed E-state index contributed by atoms with van der Waals surface area (Å²) in [5.41, 5.74) is 0. The van der Waals surface area contributed by atoms with Gasteiger partial charge < -0.3 is 61.3 Å². The molecule has 0 atom stereocenters. The summed E-state index contributed by atoms with van der Waals surface area (Å²) in [6, 6.07) is 0. The third-order valence-corrected chi connectivity index (χ3v) is 0. The molecule has 0 radical (unpaired) electrons. The molecule has 0 bridgehead atoms. The minimum Gasteiger partial charge on any atom is -0.356 e. The van der Waals surface area contributed by atoms with E-state index in [0.717, 1.165) is 0 Å². The van der Waals surface area contributed by atoms with E-state index in [1.807, 2.05) is 0 Å². The number of rotatable bonds is 0. The van der Waals surface area contributed by atoms with Gasteiger partial charge in [-0.05, 0) is 0 Å². The molecule has 0 aromatic rings. The number of nitrogens with zero attached hydrogens (tertiary/aromatic N) is 4. The topological polar surface area (TPSA) is 265 Å². The molecule has 0 unspecified atom stereocenters. The van der Waals surface area contributed by atoms with E-state index in [-0.39, 0.29) is 89.5 Å². The van der Waals surface area contributed by atoms with Crippen LogP contribution in [0.25, 0.3) is 0 Å². The summed E-state index contributed by atoms with van der Waals surface area (Å²) in [4.78, 5) is 33.0. The van der Waals surface area contributed by atoms with Gasteiger partial charge in [0.1, 0.15) is 0 Å². The van der Waals surface area contributed by atoms with Crippen LogP contribution >= 0.6 is 0 Å². The predicted molar refractivity (Wildman–Crippen MR) is 41.4 cm³/mol. The molecular weight excluding hydrogens is 679 g/mol. The van der Waals surface area contributed by atoms with Crippen molar-refractivity contribution in [3.63, 3.8) is 0 Å². The van der Waals surface area contributed by atoms with Gasteiger partial charge in [-0.25, -0.2) is 0 Å². The molecule has 0 aliphatic heterocycles. The molecule has 0 aromatic heterocycles. The number of hydrogen-bond acceptors (Lipinski definition) is 12. The van der Waals surface area contributed by atoms with E-state index >= 15 is 0 Å². The van der Waals surface area contributed by atoms with Crippen molar-refractivity contribution in [2.24, 2.45) is 0 Å². The molecule has 0 aliphatic rings. The van der Waals surface area contributed by atoms with Crippen molar-refractivity contribution in [3.8, 4) is 0 Å². The van der Waals surface area contributed by atoms with Crippen molar-refractivity contribution in [1.29, 1.82) is 0 Å². The van der Waals surface area contributed by atoms with E-state index in [1.54, 1.807) is 0 Å². The molecule has 0 saturated heterocycles. The summed E-state index contributed by atoms with van der Waals surface area (Å²) in [5.74, 6) is 0. The standard InChI is InChI=1S/4Ag.4NO3/c;;;;4*2-1(3)4/q4*+1;4*-1. The summed E-state index contributed by atoms with van der Waals surface area (Å²) in [7, 11) is 0. The van der Waals surface area contributed by atoms with E-state index in [0.29, 0.717) is 0 Å². The quantitative estimate of drug-likeness (QED) is 0.170. The van der Waals surface area contributed by atoms with E-state index in [4.69, 9.17) is 61.3 Å². The van der Waals surface area contributed by atoms with Gasteiger partial charge in [0.15, 0.2) is 0 Å². The summed E-state index contributed by atoms with van der Waals surface area (Å²) < 4.78 is 0. The van der Waals surface area contributed by atoms with Crippen LogP contribution in [-0.4, -0.2) is 20.3 Å². The van der Waals surface area contributed by atoms with E-state index in [9.17, 15) is 0 Å². The van der Waals surface area contributed by atoms with Crippen LogP contribution in [0, 0.1) is 61.3 Å². The minimum absolute atomic E-state index is 0. The molecule has 0 aromatic carbocycles. The zero-order valence-corrected chi connectivity index (χ0v) is 13.8. The van der Waals surface area contributed by atoms with E-state index in [2.05, 4.69) is 0 Å². The van der Waals surface area contributed by atoms with E-state index < -0.39 is 20.3 Å². The Hall–Kier alpha value is -0.239. The second kappa shape index (κ2) is 42.8. The summed E-state index contributed by atoms with van der Waals surface area (Å²) >= 11 is 0. The molecule has 136 valence electrons. The molecule has 0 rings (SSSR count). The molecule has 20 heavy (non-hydrogen) atoms. The number of hydrogen-bond donors (Lipinski definition) is 0. The first kappa shape index (κ1) is 50.3. The van der Waals surface area contributed by atoms with Crippen LogP contribution in [0.2, 0.25) is 0 Å². The molecule has 0 N–H and O–H groups in total. The Balaban J connectivity index is -0.0000000150. The summed E-state index contributed by atoms with van der Waals surface area (Å²) in [6.07, 6.45) is 0. The first-order valence-corrected chi connectivity index (χ1v) is 2.19. The molecule has 20 heteroatoms. The predicted octanol–water partition coefficient (Wildman–Crippen LogP) is -0.966. The Labute approximate surface area is 170 Å². The zero-order chi connectivity index (χ0) is 14.3. The van der Waals surface area contributed by atoms with Crippen molar-refractivity contribution in [2.75, 3.05) is 0 Å². The third kappa shape index (κ3) is 87400. The van der Waals surface area contributed by atoms with Gasteiger partial charge in [-0.1, -0.05) is 0 Å². The monoisotopic (exact) mass is 676 g/mol. The van der Waals surface area contributed by atoms with Crippen molar-refractivity contribution in [2.45, 2.75) is 0 Å². The average Bonchev–Trinajstić information content (AvgIpc) is 1.76. The molecular formula is Ag4N4O12. The molecule has 16 nitrogen and oxygen atoms in total. The third-order valence-electron chi connectivity index (χ3n) is 0. The van der Waals surface area contributed by atoms with Gasteiger partial charge in [-0.3, -0.25) is 0 Å². The minimum atomic E-state index is -1.75. The fourth-order valence-corrected chi connectivity index (χ4v) is 0. The second-order valence-corrected chi connectivity index (χ2v) is 0.894. The first-order valence-electron chi connectivity index (χ1n) is 2.19. The van der Waals surface area contributed by atoms with Crippen LogP contribution in [0.1, 0.15) is 0 Å². The molecule has 0 fully saturated rings. The van der Waals surface area contributed by atoms with Crippen molar-refractivity contribution >= 4 is 0 Å². The second-order valence-electron chi connectivity index (χ2n) is 0.894. The van der Waals surface area contributed by atoms with Crippen LogP contribution < -0.4 is 0 Å². The summed E-state index contributed by atoms with van der Waals surface area (Å²) in [6.45, 7) is 0.